The van der Waals surface area contributed by atoms with E-state index in [0.717, 1.165) is 36.6 Å². The van der Waals surface area contributed by atoms with Crippen molar-refractivity contribution in [2.24, 2.45) is 5.92 Å². The molecule has 0 bridgehead atoms. The van der Waals surface area contributed by atoms with Gasteiger partial charge < -0.3 is 14.4 Å². The number of likely N-dealkylation sites (tertiary alicyclic amines) is 2. The van der Waals surface area contributed by atoms with Crippen molar-refractivity contribution in [3.05, 3.63) is 24.2 Å². The highest BCUT2D eigenvalue weighted by Crippen LogP contribution is 2.29. The molecule has 2 aliphatic rings. The molecule has 2 saturated heterocycles. The van der Waals surface area contributed by atoms with E-state index in [0.29, 0.717) is 6.04 Å². The molecule has 23 heavy (non-hydrogen) atoms. The Kier molecular flexibility index (Phi) is 4.07. The molecular formula is C18H27N5. The Balaban J connectivity index is 1.67. The summed E-state index contributed by atoms with van der Waals surface area (Å²) in [5.41, 5.74) is 2.14. The van der Waals surface area contributed by atoms with Crippen LogP contribution in [0.15, 0.2) is 18.3 Å². The van der Waals surface area contributed by atoms with Gasteiger partial charge in [0.25, 0.3) is 0 Å². The average molecular weight is 313 g/mol. The van der Waals surface area contributed by atoms with Gasteiger partial charge in [-0.1, -0.05) is 6.92 Å². The van der Waals surface area contributed by atoms with E-state index in [2.05, 4.69) is 39.4 Å². The third-order valence-electron chi connectivity index (χ3n) is 5.54. The summed E-state index contributed by atoms with van der Waals surface area (Å²) >= 11 is 0. The number of fused-ring (bicyclic) bond motifs is 1. The molecule has 0 saturated carbocycles. The number of pyridine rings is 1. The summed E-state index contributed by atoms with van der Waals surface area (Å²) in [5, 5.41) is 0. The van der Waals surface area contributed by atoms with Crippen LogP contribution in [0.4, 0.5) is 0 Å². The van der Waals surface area contributed by atoms with E-state index in [1.807, 2.05) is 12.3 Å². The Morgan fingerprint density at radius 1 is 1.22 bits per heavy atom. The first-order valence-electron chi connectivity index (χ1n) is 8.97. The molecule has 5 heteroatoms. The fourth-order valence-electron chi connectivity index (χ4n) is 4.27. The zero-order valence-electron chi connectivity index (χ0n) is 14.3. The van der Waals surface area contributed by atoms with Crippen molar-refractivity contribution < 1.29 is 0 Å². The summed E-state index contributed by atoms with van der Waals surface area (Å²) in [6.07, 6.45) is 5.50. The first-order chi connectivity index (χ1) is 11.2. The van der Waals surface area contributed by atoms with Gasteiger partial charge in [-0.15, -0.1) is 0 Å². The van der Waals surface area contributed by atoms with Crippen LogP contribution in [0, 0.1) is 5.92 Å². The van der Waals surface area contributed by atoms with E-state index in [9.17, 15) is 0 Å². The molecule has 0 radical (unpaired) electrons. The average Bonchev–Trinajstić information content (AvgIpc) is 3.25. The van der Waals surface area contributed by atoms with Crippen molar-refractivity contribution in [2.45, 2.75) is 32.2 Å². The van der Waals surface area contributed by atoms with Gasteiger partial charge in [0, 0.05) is 32.3 Å². The van der Waals surface area contributed by atoms with Crippen LogP contribution < -0.4 is 0 Å². The van der Waals surface area contributed by atoms with Crippen molar-refractivity contribution in [1.29, 1.82) is 0 Å². The van der Waals surface area contributed by atoms with Gasteiger partial charge in [0.2, 0.25) is 0 Å². The number of imidazole rings is 1. The van der Waals surface area contributed by atoms with Crippen LogP contribution in [0.5, 0.6) is 0 Å². The Bertz CT molecular complexity index is 679. The van der Waals surface area contributed by atoms with Gasteiger partial charge in [0.05, 0.1) is 6.04 Å². The maximum Gasteiger partial charge on any atom is 0.160 e. The lowest BCUT2D eigenvalue weighted by atomic mass is 10.0. The number of aromatic nitrogens is 3. The van der Waals surface area contributed by atoms with E-state index in [1.54, 1.807) is 0 Å². The SMILES string of the molecule is CCN1CCC(n2c(CC3CCN(C)C3)nc3cccnc32)C1. The van der Waals surface area contributed by atoms with Gasteiger partial charge in [-0.2, -0.15) is 0 Å². The van der Waals surface area contributed by atoms with Crippen molar-refractivity contribution in [3.8, 4) is 0 Å². The van der Waals surface area contributed by atoms with Crippen LogP contribution in [0.1, 0.15) is 31.6 Å². The molecular weight excluding hydrogens is 286 g/mol. The minimum atomic E-state index is 0.531. The first-order valence-corrected chi connectivity index (χ1v) is 8.97. The van der Waals surface area contributed by atoms with Crippen LogP contribution in [0.3, 0.4) is 0 Å². The molecule has 2 aliphatic heterocycles. The Morgan fingerprint density at radius 3 is 2.87 bits per heavy atom. The van der Waals surface area contributed by atoms with Crippen molar-refractivity contribution in [3.63, 3.8) is 0 Å². The lowest BCUT2D eigenvalue weighted by Gasteiger charge is -2.19. The molecule has 2 fully saturated rings. The van der Waals surface area contributed by atoms with Crippen LogP contribution in [0.25, 0.3) is 11.2 Å². The maximum absolute atomic E-state index is 4.96. The molecule has 4 rings (SSSR count). The highest BCUT2D eigenvalue weighted by Gasteiger charge is 2.29. The fraction of sp³-hybridized carbons (Fsp3) is 0.667. The molecule has 0 spiro atoms. The summed E-state index contributed by atoms with van der Waals surface area (Å²) in [6, 6.07) is 4.64. The third kappa shape index (κ3) is 2.88. The third-order valence-corrected chi connectivity index (χ3v) is 5.54. The molecule has 2 aromatic rings. The lowest BCUT2D eigenvalue weighted by Crippen LogP contribution is -2.22. The van der Waals surface area contributed by atoms with Crippen LogP contribution in [-0.2, 0) is 6.42 Å². The monoisotopic (exact) mass is 313 g/mol. The molecule has 2 atom stereocenters. The number of nitrogens with zero attached hydrogens (tertiary/aromatic N) is 5. The number of likely N-dealkylation sites (N-methyl/N-ethyl adjacent to an activating group) is 1. The molecule has 2 unspecified atom stereocenters. The van der Waals surface area contributed by atoms with Crippen LogP contribution in [0.2, 0.25) is 0 Å². The summed E-state index contributed by atoms with van der Waals surface area (Å²) in [5.74, 6) is 1.99. The predicted octanol–water partition coefficient (Wildman–Crippen LogP) is 2.19. The van der Waals surface area contributed by atoms with Crippen molar-refractivity contribution >= 4 is 11.2 Å². The second-order valence-electron chi connectivity index (χ2n) is 7.20. The molecule has 2 aromatic heterocycles. The molecule has 0 aliphatic carbocycles. The summed E-state index contributed by atoms with van der Waals surface area (Å²) in [7, 11) is 2.22. The Labute approximate surface area is 138 Å². The van der Waals surface area contributed by atoms with E-state index in [-0.39, 0.29) is 0 Å². The van der Waals surface area contributed by atoms with E-state index >= 15 is 0 Å². The van der Waals surface area contributed by atoms with Gasteiger partial charge in [-0.25, -0.2) is 9.97 Å². The molecule has 0 amide bonds. The topological polar surface area (TPSA) is 37.2 Å². The number of hydrogen-bond acceptors (Lipinski definition) is 4. The largest absolute Gasteiger partial charge is 0.308 e. The second kappa shape index (κ2) is 6.21. The quantitative estimate of drug-likeness (QED) is 0.867. The highest BCUT2D eigenvalue weighted by atomic mass is 15.2. The van der Waals surface area contributed by atoms with Gasteiger partial charge in [-0.3, -0.25) is 0 Å². The minimum Gasteiger partial charge on any atom is -0.308 e. The normalized spacial score (nSPS) is 26.5. The Morgan fingerprint density at radius 2 is 2.13 bits per heavy atom. The molecule has 5 nitrogen and oxygen atoms in total. The van der Waals surface area contributed by atoms with Gasteiger partial charge in [0.1, 0.15) is 11.3 Å². The maximum atomic E-state index is 4.96. The number of hydrogen-bond donors (Lipinski definition) is 0. The zero-order chi connectivity index (χ0) is 15.8. The summed E-state index contributed by atoms with van der Waals surface area (Å²) < 4.78 is 2.46. The Hall–Kier alpha value is -1.46. The summed E-state index contributed by atoms with van der Waals surface area (Å²) in [6.45, 7) is 8.13. The van der Waals surface area contributed by atoms with Gasteiger partial charge in [-0.05, 0) is 51.0 Å². The number of rotatable bonds is 4. The fourth-order valence-corrected chi connectivity index (χ4v) is 4.27. The van der Waals surface area contributed by atoms with E-state index in [4.69, 9.17) is 4.98 Å². The summed E-state index contributed by atoms with van der Waals surface area (Å²) in [4.78, 5) is 14.6. The van der Waals surface area contributed by atoms with Crippen LogP contribution >= 0.6 is 0 Å². The smallest absolute Gasteiger partial charge is 0.160 e. The zero-order valence-corrected chi connectivity index (χ0v) is 14.3. The molecule has 0 aromatic carbocycles. The molecule has 124 valence electrons. The highest BCUT2D eigenvalue weighted by molar-refractivity contribution is 5.71. The van der Waals surface area contributed by atoms with E-state index < -0.39 is 0 Å². The lowest BCUT2D eigenvalue weighted by molar-refractivity contribution is 0.339. The van der Waals surface area contributed by atoms with Crippen molar-refractivity contribution in [1.82, 2.24) is 24.3 Å². The minimum absolute atomic E-state index is 0.531. The first kappa shape index (κ1) is 15.1. The second-order valence-corrected chi connectivity index (χ2v) is 7.20. The van der Waals surface area contributed by atoms with Gasteiger partial charge in [0.15, 0.2) is 5.65 Å². The predicted molar refractivity (Wildman–Crippen MR) is 92.6 cm³/mol. The standard InChI is InChI=1S/C18H27N5/c1-3-22-10-7-15(13-22)23-17(11-14-6-9-21(2)12-14)20-16-5-4-8-19-18(16)23/h4-5,8,14-15H,3,6-7,9-13H2,1-2H3. The van der Waals surface area contributed by atoms with Crippen molar-refractivity contribution in [2.75, 3.05) is 39.8 Å². The van der Waals surface area contributed by atoms with E-state index in [1.165, 1.54) is 38.3 Å². The van der Waals surface area contributed by atoms with Gasteiger partial charge >= 0.3 is 0 Å². The molecule has 0 N–H and O–H groups in total. The molecule has 4 heterocycles. The van der Waals surface area contributed by atoms with Crippen LogP contribution in [-0.4, -0.2) is 64.1 Å².